The molecule has 2 heterocycles. The number of hydrogen-bond donors (Lipinski definition) is 3. The van der Waals surface area contributed by atoms with E-state index in [0.717, 1.165) is 30.9 Å². The molecule has 0 aromatic heterocycles. The summed E-state index contributed by atoms with van der Waals surface area (Å²) in [5.41, 5.74) is 6.07. The number of aliphatic hydroxyl groups is 1. The molecule has 2 aliphatic heterocycles. The standard InChI is InChI=1S/C24H29N3O/c1-3-19-12-22(17-10-8-16(2)9-11-17)20-6-4-5-7-21(20)24(26-19)27-23-14-25-13-18(23)15-28/h4-12,18-19,23,25,28H,3,13-15H2,1-2H3,(H,26,27)/t18-,19?,23+/m1/s1. The molecular weight excluding hydrogens is 346 g/mol. The van der Waals surface area contributed by atoms with Crippen LogP contribution in [0.5, 0.6) is 0 Å². The first kappa shape index (κ1) is 18.9. The molecule has 0 spiro atoms. The number of aliphatic imine (C=N–C) groups is 1. The van der Waals surface area contributed by atoms with Gasteiger partial charge in [-0.2, -0.15) is 0 Å². The molecule has 0 radical (unpaired) electrons. The van der Waals surface area contributed by atoms with Crippen LogP contribution in [0.1, 0.15) is 35.6 Å². The van der Waals surface area contributed by atoms with Crippen LogP contribution in [0.2, 0.25) is 0 Å². The third-order valence-corrected chi connectivity index (χ3v) is 5.80. The Balaban J connectivity index is 1.76. The minimum absolute atomic E-state index is 0.119. The van der Waals surface area contributed by atoms with Crippen molar-refractivity contribution in [2.45, 2.75) is 32.4 Å². The van der Waals surface area contributed by atoms with Gasteiger partial charge in [-0.3, -0.25) is 4.99 Å². The Morgan fingerprint density at radius 1 is 1.07 bits per heavy atom. The zero-order valence-corrected chi connectivity index (χ0v) is 16.7. The fourth-order valence-electron chi connectivity index (χ4n) is 4.06. The van der Waals surface area contributed by atoms with E-state index >= 15 is 0 Å². The Morgan fingerprint density at radius 3 is 2.54 bits per heavy atom. The van der Waals surface area contributed by atoms with Crippen LogP contribution in [0, 0.1) is 12.8 Å². The number of nitrogens with zero attached hydrogens (tertiary/aromatic N) is 1. The molecule has 0 saturated carbocycles. The highest BCUT2D eigenvalue weighted by Crippen LogP contribution is 2.31. The van der Waals surface area contributed by atoms with Gasteiger partial charge in [0, 0.05) is 37.2 Å². The van der Waals surface area contributed by atoms with Gasteiger partial charge >= 0.3 is 0 Å². The molecule has 1 unspecified atom stereocenters. The van der Waals surface area contributed by atoms with Crippen molar-refractivity contribution in [1.82, 2.24) is 10.6 Å². The highest BCUT2D eigenvalue weighted by Gasteiger charge is 2.29. The second-order valence-electron chi connectivity index (χ2n) is 7.80. The molecule has 3 atom stereocenters. The van der Waals surface area contributed by atoms with Gasteiger partial charge < -0.3 is 15.7 Å². The number of rotatable bonds is 4. The lowest BCUT2D eigenvalue weighted by Gasteiger charge is -2.22. The highest BCUT2D eigenvalue weighted by atomic mass is 16.3. The fourth-order valence-corrected chi connectivity index (χ4v) is 4.06. The number of amidine groups is 1. The Hall–Kier alpha value is -2.43. The minimum Gasteiger partial charge on any atom is -0.396 e. The molecule has 3 N–H and O–H groups in total. The molecule has 0 amide bonds. The van der Waals surface area contributed by atoms with E-state index in [1.807, 2.05) is 0 Å². The van der Waals surface area contributed by atoms with Crippen LogP contribution in [0.3, 0.4) is 0 Å². The van der Waals surface area contributed by atoms with Gasteiger partial charge in [-0.15, -0.1) is 0 Å². The average Bonchev–Trinajstić information content (AvgIpc) is 3.11. The van der Waals surface area contributed by atoms with Crippen molar-refractivity contribution < 1.29 is 5.11 Å². The Kier molecular flexibility index (Phi) is 5.60. The predicted molar refractivity (Wildman–Crippen MR) is 116 cm³/mol. The summed E-state index contributed by atoms with van der Waals surface area (Å²) in [7, 11) is 0. The quantitative estimate of drug-likeness (QED) is 0.770. The van der Waals surface area contributed by atoms with Crippen LogP contribution in [0.25, 0.3) is 5.57 Å². The fraction of sp³-hybridized carbons (Fsp3) is 0.375. The van der Waals surface area contributed by atoms with Gasteiger partial charge in [0.25, 0.3) is 0 Å². The third-order valence-electron chi connectivity index (χ3n) is 5.80. The normalized spacial score (nSPS) is 24.2. The van der Waals surface area contributed by atoms with E-state index in [1.54, 1.807) is 0 Å². The summed E-state index contributed by atoms with van der Waals surface area (Å²) in [6.07, 6.45) is 3.25. The molecule has 2 aliphatic rings. The molecule has 4 nitrogen and oxygen atoms in total. The molecule has 4 heteroatoms. The molecule has 1 saturated heterocycles. The Bertz CT molecular complexity index is 885. The van der Waals surface area contributed by atoms with Gasteiger partial charge in [0.05, 0.1) is 6.04 Å². The average molecular weight is 376 g/mol. The summed E-state index contributed by atoms with van der Waals surface area (Å²) in [6.45, 7) is 6.17. The summed E-state index contributed by atoms with van der Waals surface area (Å²) in [4.78, 5) is 5.08. The predicted octanol–water partition coefficient (Wildman–Crippen LogP) is 3.14. The van der Waals surface area contributed by atoms with Gasteiger partial charge in [0.2, 0.25) is 0 Å². The van der Waals surface area contributed by atoms with E-state index in [0.29, 0.717) is 0 Å². The number of aliphatic hydroxyl groups excluding tert-OH is 1. The monoisotopic (exact) mass is 375 g/mol. The van der Waals surface area contributed by atoms with Crippen LogP contribution >= 0.6 is 0 Å². The van der Waals surface area contributed by atoms with Gasteiger partial charge in [-0.05, 0) is 30.0 Å². The van der Waals surface area contributed by atoms with Crippen LogP contribution in [-0.4, -0.2) is 42.7 Å². The number of nitrogens with one attached hydrogen (secondary N) is 2. The lowest BCUT2D eigenvalue weighted by atomic mass is 9.92. The molecule has 2 aromatic carbocycles. The summed E-state index contributed by atoms with van der Waals surface area (Å²) in [6, 6.07) is 17.6. The van der Waals surface area contributed by atoms with Crippen molar-refractivity contribution in [2.75, 3.05) is 19.7 Å². The first-order valence-electron chi connectivity index (χ1n) is 10.2. The molecule has 28 heavy (non-hydrogen) atoms. The van der Waals surface area contributed by atoms with Crippen LogP contribution in [0.4, 0.5) is 0 Å². The van der Waals surface area contributed by atoms with Crippen molar-refractivity contribution in [2.24, 2.45) is 10.9 Å². The van der Waals surface area contributed by atoms with Crippen molar-refractivity contribution in [1.29, 1.82) is 0 Å². The summed E-state index contributed by atoms with van der Waals surface area (Å²) < 4.78 is 0. The third kappa shape index (κ3) is 3.75. The second-order valence-corrected chi connectivity index (χ2v) is 7.80. The molecule has 0 bridgehead atoms. The van der Waals surface area contributed by atoms with Gasteiger partial charge in [0.1, 0.15) is 5.84 Å². The van der Waals surface area contributed by atoms with Crippen molar-refractivity contribution in [3.05, 3.63) is 76.9 Å². The van der Waals surface area contributed by atoms with E-state index in [2.05, 4.69) is 79.1 Å². The highest BCUT2D eigenvalue weighted by molar-refractivity contribution is 6.05. The Morgan fingerprint density at radius 2 is 1.82 bits per heavy atom. The van der Waals surface area contributed by atoms with Crippen molar-refractivity contribution in [3.8, 4) is 0 Å². The van der Waals surface area contributed by atoms with Crippen molar-refractivity contribution >= 4 is 11.4 Å². The molecule has 146 valence electrons. The van der Waals surface area contributed by atoms with Crippen LogP contribution in [-0.2, 0) is 0 Å². The Labute approximate surface area is 167 Å². The maximum atomic E-state index is 9.70. The lowest BCUT2D eigenvalue weighted by Crippen LogP contribution is -2.42. The topological polar surface area (TPSA) is 56.6 Å². The molecule has 4 rings (SSSR count). The van der Waals surface area contributed by atoms with E-state index in [4.69, 9.17) is 4.99 Å². The summed E-state index contributed by atoms with van der Waals surface area (Å²) in [5, 5.41) is 16.7. The number of benzene rings is 2. The SMILES string of the molecule is CCC1C=C(c2ccc(C)cc2)c2ccccc2C(N[C@H]2CNC[C@@H]2CO)=N1. The molecule has 2 aromatic rings. The molecule has 0 aliphatic carbocycles. The van der Waals surface area contributed by atoms with E-state index in [9.17, 15) is 5.11 Å². The van der Waals surface area contributed by atoms with Gasteiger partial charge in [-0.1, -0.05) is 67.1 Å². The van der Waals surface area contributed by atoms with Crippen LogP contribution < -0.4 is 10.6 Å². The summed E-state index contributed by atoms with van der Waals surface area (Å²) in [5.74, 6) is 1.15. The zero-order chi connectivity index (χ0) is 19.5. The molecule has 1 fully saturated rings. The lowest BCUT2D eigenvalue weighted by molar-refractivity contribution is 0.222. The first-order valence-corrected chi connectivity index (χ1v) is 10.2. The minimum atomic E-state index is 0.119. The first-order chi connectivity index (χ1) is 13.7. The van der Waals surface area contributed by atoms with E-state index < -0.39 is 0 Å². The van der Waals surface area contributed by atoms with E-state index in [-0.39, 0.29) is 24.6 Å². The number of aryl methyl sites for hydroxylation is 1. The van der Waals surface area contributed by atoms with Gasteiger partial charge in [-0.25, -0.2) is 0 Å². The largest absolute Gasteiger partial charge is 0.396 e. The maximum absolute atomic E-state index is 9.70. The second kappa shape index (κ2) is 8.29. The van der Waals surface area contributed by atoms with Gasteiger partial charge in [0.15, 0.2) is 0 Å². The number of fused-ring (bicyclic) bond motifs is 1. The number of hydrogen-bond acceptors (Lipinski definition) is 4. The van der Waals surface area contributed by atoms with Crippen LogP contribution in [0.15, 0.2) is 59.6 Å². The zero-order valence-electron chi connectivity index (χ0n) is 16.7. The molecular formula is C24H29N3O. The van der Waals surface area contributed by atoms with Crippen molar-refractivity contribution in [3.63, 3.8) is 0 Å². The van der Waals surface area contributed by atoms with E-state index in [1.165, 1.54) is 22.3 Å². The summed E-state index contributed by atoms with van der Waals surface area (Å²) >= 11 is 0. The smallest absolute Gasteiger partial charge is 0.129 e. The maximum Gasteiger partial charge on any atom is 0.129 e.